The van der Waals surface area contributed by atoms with E-state index < -0.39 is 0 Å². The smallest absolute Gasteiger partial charge is 0.257 e. The van der Waals surface area contributed by atoms with Gasteiger partial charge in [-0.2, -0.15) is 0 Å². The number of anilines is 1. The van der Waals surface area contributed by atoms with Crippen LogP contribution >= 0.6 is 15.9 Å². The summed E-state index contributed by atoms with van der Waals surface area (Å²) in [5.74, 6) is -0.232. The molecule has 0 bridgehead atoms. The van der Waals surface area contributed by atoms with Crippen molar-refractivity contribution in [3.8, 4) is 0 Å². The van der Waals surface area contributed by atoms with E-state index in [1.54, 1.807) is 30.7 Å². The molecule has 0 spiro atoms. The minimum absolute atomic E-state index is 0.232. The molecule has 2 aromatic heterocycles. The maximum Gasteiger partial charge on any atom is 0.257 e. The summed E-state index contributed by atoms with van der Waals surface area (Å²) >= 11 is 3.33. The van der Waals surface area contributed by atoms with Gasteiger partial charge in [-0.1, -0.05) is 6.07 Å². The molecule has 6 heteroatoms. The molecule has 0 aliphatic heterocycles. The summed E-state index contributed by atoms with van der Waals surface area (Å²) in [6.07, 6.45) is 4.78. The molecule has 0 atom stereocenters. The Morgan fingerprint density at radius 2 is 2.00 bits per heavy atom. The van der Waals surface area contributed by atoms with Gasteiger partial charge in [-0.15, -0.1) is 0 Å². The van der Waals surface area contributed by atoms with E-state index in [0.717, 1.165) is 10.2 Å². The van der Waals surface area contributed by atoms with E-state index in [4.69, 9.17) is 0 Å². The van der Waals surface area contributed by atoms with Crippen LogP contribution in [-0.4, -0.2) is 20.9 Å². The molecule has 0 unspecified atom stereocenters. The third kappa shape index (κ3) is 2.75. The predicted molar refractivity (Wildman–Crippen MR) is 84.2 cm³/mol. The van der Waals surface area contributed by atoms with Gasteiger partial charge in [0.15, 0.2) is 0 Å². The van der Waals surface area contributed by atoms with Gasteiger partial charge < -0.3 is 5.32 Å². The van der Waals surface area contributed by atoms with Crippen LogP contribution < -0.4 is 5.32 Å². The lowest BCUT2D eigenvalue weighted by molar-refractivity contribution is 0.102. The zero-order chi connectivity index (χ0) is 14.8. The molecule has 0 fully saturated rings. The molecule has 5 nitrogen and oxygen atoms in total. The van der Waals surface area contributed by atoms with Crippen LogP contribution in [0.25, 0.3) is 11.0 Å². The first-order valence-electron chi connectivity index (χ1n) is 6.28. The number of hydrogen-bond donors (Lipinski definition) is 1. The number of rotatable bonds is 2. The first kappa shape index (κ1) is 13.6. The fourth-order valence-corrected chi connectivity index (χ4v) is 2.22. The molecular formula is C15H11BrN4O. The second-order valence-electron chi connectivity index (χ2n) is 4.52. The summed E-state index contributed by atoms with van der Waals surface area (Å²) in [7, 11) is 0. The first-order chi connectivity index (χ1) is 10.1. The van der Waals surface area contributed by atoms with Crippen molar-refractivity contribution in [1.29, 1.82) is 0 Å². The number of carbonyl (C=O) groups excluding carboxylic acids is 1. The van der Waals surface area contributed by atoms with Crippen molar-refractivity contribution in [2.45, 2.75) is 6.92 Å². The van der Waals surface area contributed by atoms with E-state index in [9.17, 15) is 4.79 Å². The molecule has 21 heavy (non-hydrogen) atoms. The highest BCUT2D eigenvalue weighted by atomic mass is 79.9. The van der Waals surface area contributed by atoms with Crippen LogP contribution in [0.1, 0.15) is 15.9 Å². The normalized spacial score (nSPS) is 10.6. The quantitative estimate of drug-likeness (QED) is 0.725. The van der Waals surface area contributed by atoms with Crippen molar-refractivity contribution in [3.05, 3.63) is 58.6 Å². The topological polar surface area (TPSA) is 67.8 Å². The van der Waals surface area contributed by atoms with E-state index in [-0.39, 0.29) is 5.91 Å². The Bertz CT molecular complexity index is 830. The molecule has 104 valence electrons. The van der Waals surface area contributed by atoms with E-state index in [1.807, 2.05) is 19.1 Å². The van der Waals surface area contributed by atoms with Crippen molar-refractivity contribution in [1.82, 2.24) is 15.0 Å². The van der Waals surface area contributed by atoms with Gasteiger partial charge in [-0.25, -0.2) is 4.98 Å². The van der Waals surface area contributed by atoms with Gasteiger partial charge in [-0.05, 0) is 46.6 Å². The molecule has 3 rings (SSSR count). The van der Waals surface area contributed by atoms with Gasteiger partial charge >= 0.3 is 0 Å². The summed E-state index contributed by atoms with van der Waals surface area (Å²) < 4.78 is 0.761. The Hall–Kier alpha value is -2.34. The first-order valence-corrected chi connectivity index (χ1v) is 7.07. The zero-order valence-electron chi connectivity index (χ0n) is 11.2. The second-order valence-corrected chi connectivity index (χ2v) is 5.27. The number of nitrogens with zero attached hydrogens (tertiary/aromatic N) is 3. The number of nitrogens with one attached hydrogen (secondary N) is 1. The fraction of sp³-hybridized carbons (Fsp3) is 0.0667. The van der Waals surface area contributed by atoms with Crippen LogP contribution in [0.15, 0.2) is 47.5 Å². The lowest BCUT2D eigenvalue weighted by atomic mass is 10.1. The third-order valence-electron chi connectivity index (χ3n) is 3.02. The lowest BCUT2D eigenvalue weighted by Gasteiger charge is -2.08. The number of aromatic nitrogens is 3. The number of halogens is 1. The van der Waals surface area contributed by atoms with Crippen LogP contribution in [0.3, 0.4) is 0 Å². The van der Waals surface area contributed by atoms with Crippen LogP contribution in [0, 0.1) is 6.92 Å². The number of para-hydroxylation sites is 1. The Labute approximate surface area is 129 Å². The molecule has 1 N–H and O–H groups in total. The van der Waals surface area contributed by atoms with E-state index in [0.29, 0.717) is 22.3 Å². The van der Waals surface area contributed by atoms with Gasteiger partial charge in [0, 0.05) is 12.4 Å². The van der Waals surface area contributed by atoms with Crippen LogP contribution in [0.5, 0.6) is 0 Å². The number of aryl methyl sites for hydroxylation is 1. The summed E-state index contributed by atoms with van der Waals surface area (Å²) in [5.41, 5.74) is 3.35. The highest BCUT2D eigenvalue weighted by Gasteiger charge is 2.12. The van der Waals surface area contributed by atoms with Gasteiger partial charge in [0.1, 0.15) is 10.1 Å². The molecule has 0 radical (unpaired) electrons. The number of fused-ring (bicyclic) bond motifs is 1. The lowest BCUT2D eigenvalue weighted by Crippen LogP contribution is -2.13. The molecule has 1 amide bonds. The third-order valence-corrected chi connectivity index (χ3v) is 3.85. The Morgan fingerprint density at radius 3 is 2.81 bits per heavy atom. The Kier molecular flexibility index (Phi) is 3.62. The average molecular weight is 343 g/mol. The highest BCUT2D eigenvalue weighted by molar-refractivity contribution is 9.10. The van der Waals surface area contributed by atoms with Crippen molar-refractivity contribution >= 4 is 38.6 Å². The van der Waals surface area contributed by atoms with Crippen molar-refractivity contribution in [2.75, 3.05) is 5.32 Å². The molecule has 2 heterocycles. The zero-order valence-corrected chi connectivity index (χ0v) is 12.8. The molecular weight excluding hydrogens is 332 g/mol. The maximum absolute atomic E-state index is 12.4. The summed E-state index contributed by atoms with van der Waals surface area (Å²) in [6.45, 7) is 1.91. The van der Waals surface area contributed by atoms with E-state index in [2.05, 4.69) is 36.2 Å². The Balaban J connectivity index is 1.95. The van der Waals surface area contributed by atoms with Gasteiger partial charge in [0.2, 0.25) is 0 Å². The minimum atomic E-state index is -0.232. The van der Waals surface area contributed by atoms with Gasteiger partial charge in [0.05, 0.1) is 23.0 Å². The largest absolute Gasteiger partial charge is 0.321 e. The maximum atomic E-state index is 12.4. The monoisotopic (exact) mass is 342 g/mol. The van der Waals surface area contributed by atoms with E-state index in [1.165, 1.54) is 0 Å². The summed E-state index contributed by atoms with van der Waals surface area (Å²) in [5, 5.41) is 2.83. The summed E-state index contributed by atoms with van der Waals surface area (Å²) in [4.78, 5) is 25.0. The molecule has 0 saturated carbocycles. The Morgan fingerprint density at radius 1 is 1.19 bits per heavy atom. The van der Waals surface area contributed by atoms with Crippen molar-refractivity contribution in [2.24, 2.45) is 0 Å². The van der Waals surface area contributed by atoms with Crippen molar-refractivity contribution in [3.63, 3.8) is 0 Å². The number of pyridine rings is 1. The number of amides is 1. The molecule has 0 saturated heterocycles. The fourth-order valence-electron chi connectivity index (χ4n) is 2.00. The van der Waals surface area contributed by atoms with Crippen LogP contribution in [0.2, 0.25) is 0 Å². The molecule has 1 aromatic carbocycles. The number of carbonyl (C=O) groups is 1. The van der Waals surface area contributed by atoms with Gasteiger partial charge in [-0.3, -0.25) is 14.8 Å². The predicted octanol–water partition coefficient (Wildman–Crippen LogP) is 3.35. The summed E-state index contributed by atoms with van der Waals surface area (Å²) in [6, 6.07) is 7.19. The molecule has 0 aliphatic carbocycles. The van der Waals surface area contributed by atoms with Crippen LogP contribution in [-0.2, 0) is 0 Å². The molecule has 0 aliphatic rings. The standard InChI is InChI=1S/C15H11BrN4O/c1-9-7-10(8-19-14(9)16)20-15(21)11-3-2-4-12-13(11)18-6-5-17-12/h2-8H,1H3,(H,20,21). The number of benzene rings is 1. The molecule has 3 aromatic rings. The SMILES string of the molecule is Cc1cc(NC(=O)c2cccc3nccnc23)cnc1Br. The van der Waals surface area contributed by atoms with Crippen LogP contribution in [0.4, 0.5) is 5.69 Å². The second kappa shape index (κ2) is 5.57. The van der Waals surface area contributed by atoms with E-state index >= 15 is 0 Å². The average Bonchev–Trinajstić information content (AvgIpc) is 2.50. The highest BCUT2D eigenvalue weighted by Crippen LogP contribution is 2.19. The minimum Gasteiger partial charge on any atom is -0.321 e. The van der Waals surface area contributed by atoms with Gasteiger partial charge in [0.25, 0.3) is 5.91 Å². The number of hydrogen-bond acceptors (Lipinski definition) is 4. The van der Waals surface area contributed by atoms with Crippen molar-refractivity contribution < 1.29 is 4.79 Å².